The molecule has 2 saturated carbocycles. The minimum Gasteiger partial charge on any atom is -0.361 e. The lowest BCUT2D eigenvalue weighted by atomic mass is 9.90. The second kappa shape index (κ2) is 8.24. The first kappa shape index (κ1) is 22.3. The molecule has 0 radical (unpaired) electrons. The predicted octanol–water partition coefficient (Wildman–Crippen LogP) is 4.16. The van der Waals surface area contributed by atoms with Gasteiger partial charge in [0.15, 0.2) is 0 Å². The number of carbonyl (C=O) groups is 1. The second-order valence-electron chi connectivity index (χ2n) is 10.3. The maximum atomic E-state index is 13.5. The average molecular weight is 448 g/mol. The van der Waals surface area contributed by atoms with E-state index in [1.165, 1.54) is 17.5 Å². The number of carbonyl (C=O) groups excluding carboxylic acids is 1. The van der Waals surface area contributed by atoms with Gasteiger partial charge in [0.1, 0.15) is 27.9 Å². The van der Waals surface area contributed by atoms with Crippen LogP contribution < -0.4 is 5.32 Å². The number of nitrogens with one attached hydrogen (secondary N) is 1. The topological polar surface area (TPSA) is 76.2 Å². The molecule has 0 aliphatic heterocycles. The van der Waals surface area contributed by atoms with Crippen LogP contribution in [0.15, 0.2) is 10.6 Å². The van der Waals surface area contributed by atoms with Gasteiger partial charge in [0.05, 0.1) is 0 Å². The Morgan fingerprint density at radius 2 is 2.16 bits per heavy atom. The van der Waals surface area contributed by atoms with Crippen molar-refractivity contribution < 1.29 is 9.32 Å². The molecule has 2 aliphatic rings. The minimum absolute atomic E-state index is 0.0835. The number of hydrogen-bond acceptors (Lipinski definition) is 5. The fraction of sp³-hybridized carbons (Fsp3) is 0.696. The summed E-state index contributed by atoms with van der Waals surface area (Å²) in [5.41, 5.74) is 1.78. The summed E-state index contributed by atoms with van der Waals surface area (Å²) in [6.45, 7) is 13.1. The Balaban J connectivity index is 1.42. The van der Waals surface area contributed by atoms with Gasteiger partial charge in [-0.25, -0.2) is 0 Å². The van der Waals surface area contributed by atoms with Crippen LogP contribution >= 0.6 is 11.6 Å². The summed E-state index contributed by atoms with van der Waals surface area (Å²) in [4.78, 5) is 15.4. The van der Waals surface area contributed by atoms with E-state index in [-0.39, 0.29) is 5.91 Å². The standard InChI is InChI=1S/C23H34ClN5O2/c1-7-29(12-15-14-11-16(18(14)15)25-9-8-23(3,4)5)22(30)19-20(26-28(6)21(19)24)17-10-13(2)31-27-17/h10,14-16,18,25H,7-9,11-12H2,1-6H3/t14-,15?,16-,18?/m1/s1. The molecule has 1 N–H and O–H groups in total. The lowest BCUT2D eigenvalue weighted by molar-refractivity contribution is 0.0755. The van der Waals surface area contributed by atoms with Crippen LogP contribution in [0.3, 0.4) is 0 Å². The van der Waals surface area contributed by atoms with Crippen molar-refractivity contribution in [1.29, 1.82) is 0 Å². The van der Waals surface area contributed by atoms with Crippen molar-refractivity contribution >= 4 is 17.5 Å². The molecule has 31 heavy (non-hydrogen) atoms. The third-order valence-corrected chi connectivity index (χ3v) is 7.27. The van der Waals surface area contributed by atoms with Gasteiger partial charge < -0.3 is 14.7 Å². The SMILES string of the molecule is CCN(CC1C2[C@@H]1C[C@H]2NCCC(C)(C)C)C(=O)c1c(-c2cc(C)on2)nn(C)c1Cl. The van der Waals surface area contributed by atoms with Gasteiger partial charge in [0, 0.05) is 32.2 Å². The Bertz CT molecular complexity index is 960. The summed E-state index contributed by atoms with van der Waals surface area (Å²) in [6.07, 6.45) is 2.40. The van der Waals surface area contributed by atoms with Gasteiger partial charge in [0.2, 0.25) is 0 Å². The lowest BCUT2D eigenvalue weighted by Crippen LogP contribution is -2.39. The van der Waals surface area contributed by atoms with Crippen molar-refractivity contribution in [3.05, 3.63) is 22.5 Å². The highest BCUT2D eigenvalue weighted by Crippen LogP contribution is 2.61. The minimum atomic E-state index is -0.0835. The molecule has 2 aromatic rings. The fourth-order valence-electron chi connectivity index (χ4n) is 4.89. The van der Waals surface area contributed by atoms with Crippen molar-refractivity contribution in [3.63, 3.8) is 0 Å². The highest BCUT2D eigenvalue weighted by Gasteiger charge is 2.62. The molecule has 4 rings (SSSR count). The molecule has 0 bridgehead atoms. The maximum Gasteiger partial charge on any atom is 0.259 e. The molecule has 8 heteroatoms. The monoisotopic (exact) mass is 447 g/mol. The van der Waals surface area contributed by atoms with E-state index in [0.29, 0.717) is 57.7 Å². The zero-order chi connectivity index (χ0) is 22.5. The van der Waals surface area contributed by atoms with Crippen molar-refractivity contribution in [2.45, 2.75) is 53.5 Å². The predicted molar refractivity (Wildman–Crippen MR) is 121 cm³/mol. The van der Waals surface area contributed by atoms with Gasteiger partial charge in [-0.1, -0.05) is 37.5 Å². The van der Waals surface area contributed by atoms with E-state index >= 15 is 0 Å². The van der Waals surface area contributed by atoms with Crippen LogP contribution in [0.2, 0.25) is 5.15 Å². The van der Waals surface area contributed by atoms with E-state index in [1.807, 2.05) is 18.7 Å². The molecule has 170 valence electrons. The first-order valence-electron chi connectivity index (χ1n) is 11.3. The van der Waals surface area contributed by atoms with Gasteiger partial charge in [-0.3, -0.25) is 9.48 Å². The molecule has 7 nitrogen and oxygen atoms in total. The molecular formula is C23H34ClN5O2. The van der Waals surface area contributed by atoms with Crippen molar-refractivity contribution in [3.8, 4) is 11.4 Å². The van der Waals surface area contributed by atoms with E-state index in [4.69, 9.17) is 16.1 Å². The van der Waals surface area contributed by atoms with E-state index in [2.05, 4.69) is 36.3 Å². The molecule has 0 aromatic carbocycles. The highest BCUT2D eigenvalue weighted by molar-refractivity contribution is 6.33. The first-order chi connectivity index (χ1) is 14.6. The van der Waals surface area contributed by atoms with E-state index in [1.54, 1.807) is 13.1 Å². The molecule has 2 aliphatic carbocycles. The van der Waals surface area contributed by atoms with Crippen LogP contribution in [0, 0.1) is 30.1 Å². The fourth-order valence-corrected chi connectivity index (χ4v) is 5.09. The van der Waals surface area contributed by atoms with Crippen LogP contribution in [0.4, 0.5) is 0 Å². The molecule has 1 amide bonds. The number of fused-ring (bicyclic) bond motifs is 1. The summed E-state index contributed by atoms with van der Waals surface area (Å²) in [7, 11) is 1.74. The smallest absolute Gasteiger partial charge is 0.259 e. The molecule has 4 atom stereocenters. The molecule has 0 saturated heterocycles. The third-order valence-electron chi connectivity index (χ3n) is 6.83. The lowest BCUT2D eigenvalue weighted by Gasteiger charge is -2.28. The van der Waals surface area contributed by atoms with Crippen molar-refractivity contribution in [2.24, 2.45) is 30.2 Å². The van der Waals surface area contributed by atoms with E-state index in [0.717, 1.165) is 19.0 Å². The van der Waals surface area contributed by atoms with Gasteiger partial charge in [-0.2, -0.15) is 5.10 Å². The molecule has 2 aromatic heterocycles. The molecule has 2 fully saturated rings. The second-order valence-corrected chi connectivity index (χ2v) is 10.7. The maximum absolute atomic E-state index is 13.5. The number of aryl methyl sites for hydroxylation is 2. The number of halogens is 1. The van der Waals surface area contributed by atoms with Crippen LogP contribution in [0.25, 0.3) is 11.4 Å². The Kier molecular flexibility index (Phi) is 5.94. The third kappa shape index (κ3) is 4.40. The van der Waals surface area contributed by atoms with Crippen LogP contribution in [0.1, 0.15) is 56.7 Å². The first-order valence-corrected chi connectivity index (χ1v) is 11.7. The number of aromatic nitrogens is 3. The number of rotatable bonds is 8. The Hall–Kier alpha value is -1.86. The summed E-state index contributed by atoms with van der Waals surface area (Å²) in [5.74, 6) is 2.60. The zero-order valence-electron chi connectivity index (χ0n) is 19.4. The number of hydrogen-bond donors (Lipinski definition) is 1. The van der Waals surface area contributed by atoms with Crippen LogP contribution in [-0.4, -0.2) is 51.4 Å². The van der Waals surface area contributed by atoms with Gasteiger partial charge >= 0.3 is 0 Å². The molecular weight excluding hydrogens is 414 g/mol. The Morgan fingerprint density at radius 3 is 2.77 bits per heavy atom. The van der Waals surface area contributed by atoms with Gasteiger partial charge in [-0.05, 0) is 56.4 Å². The molecule has 2 unspecified atom stereocenters. The van der Waals surface area contributed by atoms with Gasteiger partial charge in [-0.15, -0.1) is 0 Å². The highest BCUT2D eigenvalue weighted by atomic mass is 35.5. The summed E-state index contributed by atoms with van der Waals surface area (Å²) >= 11 is 6.49. The van der Waals surface area contributed by atoms with Crippen LogP contribution in [0.5, 0.6) is 0 Å². The normalized spacial score (nSPS) is 24.6. The largest absolute Gasteiger partial charge is 0.361 e. The average Bonchev–Trinajstić information content (AvgIpc) is 2.93. The summed E-state index contributed by atoms with van der Waals surface area (Å²) < 4.78 is 6.72. The Labute approximate surface area is 189 Å². The number of nitrogens with zero attached hydrogens (tertiary/aromatic N) is 4. The molecule has 2 heterocycles. The van der Waals surface area contributed by atoms with Crippen LogP contribution in [-0.2, 0) is 7.05 Å². The number of amides is 1. The molecule has 0 spiro atoms. The van der Waals surface area contributed by atoms with Crippen molar-refractivity contribution in [2.75, 3.05) is 19.6 Å². The quantitative estimate of drug-likeness (QED) is 0.657. The summed E-state index contributed by atoms with van der Waals surface area (Å²) in [6, 6.07) is 2.38. The van der Waals surface area contributed by atoms with Gasteiger partial charge in [0.25, 0.3) is 5.91 Å². The Morgan fingerprint density at radius 1 is 1.42 bits per heavy atom. The van der Waals surface area contributed by atoms with E-state index < -0.39 is 0 Å². The summed E-state index contributed by atoms with van der Waals surface area (Å²) in [5, 5.41) is 12.6. The zero-order valence-corrected chi connectivity index (χ0v) is 20.2. The van der Waals surface area contributed by atoms with Crippen molar-refractivity contribution in [1.82, 2.24) is 25.2 Å². The van der Waals surface area contributed by atoms with E-state index in [9.17, 15) is 4.79 Å².